The molecule has 2 aromatic rings. The fraction of sp³-hybridized carbons (Fsp3) is 0.316. The lowest BCUT2D eigenvalue weighted by Crippen LogP contribution is -2.30. The summed E-state index contributed by atoms with van der Waals surface area (Å²) in [6.45, 7) is 2.30. The monoisotopic (exact) mass is 431 g/mol. The van der Waals surface area contributed by atoms with Crippen LogP contribution in [0.4, 0.5) is 13.2 Å². The first kappa shape index (κ1) is 22.5. The van der Waals surface area contributed by atoms with Crippen LogP contribution in [-0.4, -0.2) is 45.5 Å². The molecule has 0 bridgehead atoms. The summed E-state index contributed by atoms with van der Waals surface area (Å²) in [5.74, 6) is 0.584. The SMILES string of the molecule is CCN(Cc1ccc(OC)c(OC)c1)C(=O)c1ccc(S(=O)(=O)C(F)(F)F)cc1. The molecule has 0 unspecified atom stereocenters. The quantitative estimate of drug-likeness (QED) is 0.669. The number of nitrogens with zero attached hydrogens (tertiary/aromatic N) is 1. The van der Waals surface area contributed by atoms with Crippen molar-refractivity contribution in [1.29, 1.82) is 0 Å². The summed E-state index contributed by atoms with van der Waals surface area (Å²) < 4.78 is 71.2. The zero-order chi connectivity index (χ0) is 21.8. The summed E-state index contributed by atoms with van der Waals surface area (Å²) in [4.78, 5) is 13.3. The molecule has 29 heavy (non-hydrogen) atoms. The van der Waals surface area contributed by atoms with Crippen molar-refractivity contribution < 1.29 is 35.9 Å². The van der Waals surface area contributed by atoms with Crippen LogP contribution in [-0.2, 0) is 16.4 Å². The first-order valence-corrected chi connectivity index (χ1v) is 9.95. The first-order valence-electron chi connectivity index (χ1n) is 8.46. The van der Waals surface area contributed by atoms with Crippen LogP contribution >= 0.6 is 0 Å². The molecule has 0 aliphatic carbocycles. The summed E-state index contributed by atoms with van der Waals surface area (Å²) in [5.41, 5.74) is -4.57. The standard InChI is InChI=1S/C19H20F3NO5S/c1-4-23(12-13-5-10-16(27-2)17(11-13)28-3)18(24)14-6-8-15(9-7-14)29(25,26)19(20,21)22/h5-11H,4,12H2,1-3H3. The van der Waals surface area contributed by atoms with Gasteiger partial charge < -0.3 is 14.4 Å². The maximum atomic E-state index is 12.7. The summed E-state index contributed by atoms with van der Waals surface area (Å²) in [6.07, 6.45) is 0. The summed E-state index contributed by atoms with van der Waals surface area (Å²) >= 11 is 0. The molecule has 6 nitrogen and oxygen atoms in total. The van der Waals surface area contributed by atoms with Gasteiger partial charge in [0.1, 0.15) is 0 Å². The number of alkyl halides is 3. The number of benzene rings is 2. The van der Waals surface area contributed by atoms with E-state index >= 15 is 0 Å². The molecule has 0 aliphatic rings. The smallest absolute Gasteiger partial charge is 0.493 e. The lowest BCUT2D eigenvalue weighted by Gasteiger charge is -2.22. The Morgan fingerprint density at radius 2 is 1.59 bits per heavy atom. The van der Waals surface area contributed by atoms with Crippen LogP contribution in [0.15, 0.2) is 47.4 Å². The van der Waals surface area contributed by atoms with E-state index in [-0.39, 0.29) is 12.1 Å². The fourth-order valence-corrected chi connectivity index (χ4v) is 3.38. The maximum Gasteiger partial charge on any atom is 0.501 e. The number of carbonyl (C=O) groups excluding carboxylic acids is 1. The van der Waals surface area contributed by atoms with Gasteiger partial charge in [-0.2, -0.15) is 13.2 Å². The second-order valence-electron chi connectivity index (χ2n) is 5.98. The van der Waals surface area contributed by atoms with Gasteiger partial charge in [-0.25, -0.2) is 8.42 Å². The highest BCUT2D eigenvalue weighted by molar-refractivity contribution is 7.92. The van der Waals surface area contributed by atoms with Gasteiger partial charge in [-0.15, -0.1) is 0 Å². The van der Waals surface area contributed by atoms with Gasteiger partial charge in [-0.05, 0) is 48.9 Å². The molecule has 0 N–H and O–H groups in total. The van der Waals surface area contributed by atoms with Crippen LogP contribution in [0.3, 0.4) is 0 Å². The minimum Gasteiger partial charge on any atom is -0.493 e. The lowest BCUT2D eigenvalue weighted by atomic mass is 10.1. The van der Waals surface area contributed by atoms with Gasteiger partial charge in [0.25, 0.3) is 15.7 Å². The maximum absolute atomic E-state index is 12.7. The topological polar surface area (TPSA) is 72.9 Å². The van der Waals surface area contributed by atoms with Gasteiger partial charge in [-0.1, -0.05) is 6.07 Å². The molecule has 2 aromatic carbocycles. The second kappa shape index (κ2) is 8.73. The van der Waals surface area contributed by atoms with E-state index < -0.39 is 26.1 Å². The zero-order valence-corrected chi connectivity index (χ0v) is 16.8. The Morgan fingerprint density at radius 1 is 1.00 bits per heavy atom. The van der Waals surface area contributed by atoms with E-state index in [4.69, 9.17) is 9.47 Å². The van der Waals surface area contributed by atoms with Gasteiger partial charge >= 0.3 is 5.51 Å². The highest BCUT2D eigenvalue weighted by Crippen LogP contribution is 2.31. The normalized spacial score (nSPS) is 11.8. The number of hydrogen-bond donors (Lipinski definition) is 0. The Morgan fingerprint density at radius 3 is 2.07 bits per heavy atom. The Labute approximate surface area is 166 Å². The van der Waals surface area contributed by atoms with Crippen molar-refractivity contribution in [3.8, 4) is 11.5 Å². The van der Waals surface area contributed by atoms with Crippen molar-refractivity contribution in [3.05, 3.63) is 53.6 Å². The van der Waals surface area contributed by atoms with E-state index in [1.807, 2.05) is 0 Å². The van der Waals surface area contributed by atoms with Crippen molar-refractivity contribution in [2.24, 2.45) is 0 Å². The highest BCUT2D eigenvalue weighted by Gasteiger charge is 2.46. The average Bonchev–Trinajstić information content (AvgIpc) is 2.70. The van der Waals surface area contributed by atoms with Crippen molar-refractivity contribution in [2.45, 2.75) is 23.9 Å². The van der Waals surface area contributed by atoms with E-state index in [0.717, 1.165) is 29.8 Å². The molecule has 1 amide bonds. The molecule has 0 radical (unpaired) electrons. The molecule has 0 spiro atoms. The summed E-state index contributed by atoms with van der Waals surface area (Å²) in [6, 6.07) is 8.87. The molecule has 158 valence electrons. The molecular formula is C19H20F3NO5S. The number of amides is 1. The van der Waals surface area contributed by atoms with Gasteiger partial charge in [0.2, 0.25) is 0 Å². The minimum absolute atomic E-state index is 0.0773. The summed E-state index contributed by atoms with van der Waals surface area (Å²) in [7, 11) is -2.47. The van der Waals surface area contributed by atoms with Crippen LogP contribution in [0.1, 0.15) is 22.8 Å². The van der Waals surface area contributed by atoms with Gasteiger partial charge in [0, 0.05) is 18.7 Å². The average molecular weight is 431 g/mol. The Balaban J connectivity index is 2.24. The number of hydrogen-bond acceptors (Lipinski definition) is 5. The van der Waals surface area contributed by atoms with E-state index in [1.54, 1.807) is 25.1 Å². The number of sulfone groups is 1. The molecular weight excluding hydrogens is 411 g/mol. The Bertz CT molecular complexity index is 972. The number of methoxy groups -OCH3 is 2. The Kier molecular flexibility index (Phi) is 6.78. The van der Waals surface area contributed by atoms with Crippen molar-refractivity contribution >= 4 is 15.7 Å². The zero-order valence-electron chi connectivity index (χ0n) is 16.0. The molecule has 0 saturated carbocycles. The molecule has 0 heterocycles. The van der Waals surface area contributed by atoms with Gasteiger partial charge in [0.05, 0.1) is 19.1 Å². The number of halogens is 3. The first-order chi connectivity index (χ1) is 13.5. The molecule has 0 fully saturated rings. The highest BCUT2D eigenvalue weighted by atomic mass is 32.2. The van der Waals surface area contributed by atoms with Crippen LogP contribution in [0.25, 0.3) is 0 Å². The number of ether oxygens (including phenoxy) is 2. The van der Waals surface area contributed by atoms with E-state index in [9.17, 15) is 26.4 Å². The molecule has 0 saturated heterocycles. The predicted octanol–water partition coefficient (Wildman–Crippen LogP) is 3.66. The predicted molar refractivity (Wildman–Crippen MR) is 99.6 cm³/mol. The minimum atomic E-state index is -5.46. The van der Waals surface area contributed by atoms with Crippen LogP contribution < -0.4 is 9.47 Å². The lowest BCUT2D eigenvalue weighted by molar-refractivity contribution is -0.0436. The van der Waals surface area contributed by atoms with E-state index in [0.29, 0.717) is 18.0 Å². The van der Waals surface area contributed by atoms with Crippen LogP contribution in [0.2, 0.25) is 0 Å². The van der Waals surface area contributed by atoms with Gasteiger partial charge in [-0.3, -0.25) is 4.79 Å². The summed E-state index contributed by atoms with van der Waals surface area (Å²) in [5, 5.41) is 0. The van der Waals surface area contributed by atoms with Crippen molar-refractivity contribution in [2.75, 3.05) is 20.8 Å². The molecule has 0 atom stereocenters. The van der Waals surface area contributed by atoms with E-state index in [2.05, 4.69) is 0 Å². The van der Waals surface area contributed by atoms with Gasteiger partial charge in [0.15, 0.2) is 11.5 Å². The Hall–Kier alpha value is -2.75. The van der Waals surface area contributed by atoms with Crippen LogP contribution in [0, 0.1) is 0 Å². The van der Waals surface area contributed by atoms with E-state index in [1.165, 1.54) is 19.1 Å². The number of rotatable bonds is 7. The molecule has 2 rings (SSSR count). The van der Waals surface area contributed by atoms with Crippen molar-refractivity contribution in [1.82, 2.24) is 4.90 Å². The fourth-order valence-electron chi connectivity index (χ4n) is 2.62. The second-order valence-corrected chi connectivity index (χ2v) is 7.92. The van der Waals surface area contributed by atoms with Crippen molar-refractivity contribution in [3.63, 3.8) is 0 Å². The third-order valence-corrected chi connectivity index (χ3v) is 5.71. The molecule has 0 aromatic heterocycles. The van der Waals surface area contributed by atoms with Crippen LogP contribution in [0.5, 0.6) is 11.5 Å². The third kappa shape index (κ3) is 4.81. The third-order valence-electron chi connectivity index (χ3n) is 4.21. The molecule has 0 aliphatic heterocycles. The number of carbonyl (C=O) groups is 1. The largest absolute Gasteiger partial charge is 0.501 e. The molecule has 10 heteroatoms.